The summed E-state index contributed by atoms with van der Waals surface area (Å²) in [7, 11) is 0. The molecule has 4 N–H and O–H groups in total. The average Bonchev–Trinajstić information content (AvgIpc) is 2.29. The Morgan fingerprint density at radius 1 is 1.41 bits per heavy atom. The number of aliphatic carboxylic acids is 1. The number of rotatable bonds is 5. The van der Waals surface area contributed by atoms with Crippen LogP contribution in [-0.4, -0.2) is 16.6 Å². The standard InChI is InChI=1S/C13H20N2O2/c1-9(2)11-6-4-10(5-7-11)8-13(3,15-14)12(16)17/h4-7,9,15H,8,14H2,1-3H3,(H,16,17). The van der Waals surface area contributed by atoms with E-state index in [0.717, 1.165) is 5.56 Å². The van der Waals surface area contributed by atoms with Gasteiger partial charge in [-0.2, -0.15) is 0 Å². The first kappa shape index (κ1) is 13.7. The normalized spacial score (nSPS) is 14.6. The minimum atomic E-state index is -1.13. The molecule has 0 amide bonds. The van der Waals surface area contributed by atoms with Gasteiger partial charge in [-0.05, 0) is 24.0 Å². The third-order valence-electron chi connectivity index (χ3n) is 2.99. The zero-order valence-corrected chi connectivity index (χ0v) is 10.5. The van der Waals surface area contributed by atoms with Crippen LogP contribution in [0.2, 0.25) is 0 Å². The van der Waals surface area contributed by atoms with Crippen LogP contribution in [0.3, 0.4) is 0 Å². The molecule has 0 radical (unpaired) electrons. The van der Waals surface area contributed by atoms with Gasteiger partial charge in [0, 0.05) is 6.42 Å². The Morgan fingerprint density at radius 2 is 1.94 bits per heavy atom. The number of benzene rings is 1. The van der Waals surface area contributed by atoms with Gasteiger partial charge in [-0.1, -0.05) is 38.1 Å². The van der Waals surface area contributed by atoms with Crippen molar-refractivity contribution in [3.8, 4) is 0 Å². The van der Waals surface area contributed by atoms with Gasteiger partial charge in [0.15, 0.2) is 0 Å². The number of hydrazine groups is 1. The van der Waals surface area contributed by atoms with Gasteiger partial charge in [-0.3, -0.25) is 10.6 Å². The van der Waals surface area contributed by atoms with E-state index in [9.17, 15) is 4.79 Å². The maximum Gasteiger partial charge on any atom is 0.325 e. The summed E-state index contributed by atoms with van der Waals surface area (Å²) in [6.07, 6.45) is 0.358. The molecular formula is C13H20N2O2. The van der Waals surface area contributed by atoms with E-state index in [2.05, 4.69) is 19.3 Å². The Bertz CT molecular complexity index is 387. The molecule has 0 fully saturated rings. The predicted octanol–water partition coefficient (Wildman–Crippen LogP) is 1.66. The smallest absolute Gasteiger partial charge is 0.325 e. The van der Waals surface area contributed by atoms with Crippen molar-refractivity contribution in [2.24, 2.45) is 5.84 Å². The molecule has 0 spiro atoms. The minimum Gasteiger partial charge on any atom is -0.480 e. The highest BCUT2D eigenvalue weighted by Gasteiger charge is 2.31. The first-order valence-corrected chi connectivity index (χ1v) is 5.69. The molecule has 1 atom stereocenters. The molecule has 94 valence electrons. The number of carboxylic acids is 1. The lowest BCUT2D eigenvalue weighted by Gasteiger charge is -2.23. The van der Waals surface area contributed by atoms with Crippen LogP contribution in [-0.2, 0) is 11.2 Å². The van der Waals surface area contributed by atoms with E-state index in [1.165, 1.54) is 5.56 Å². The van der Waals surface area contributed by atoms with Crippen LogP contribution in [0.15, 0.2) is 24.3 Å². The lowest BCUT2D eigenvalue weighted by atomic mass is 9.92. The molecule has 1 aromatic rings. The van der Waals surface area contributed by atoms with Crippen molar-refractivity contribution in [2.45, 2.75) is 38.6 Å². The van der Waals surface area contributed by atoms with Gasteiger partial charge in [-0.25, -0.2) is 5.43 Å². The van der Waals surface area contributed by atoms with Crippen LogP contribution in [0.5, 0.6) is 0 Å². The molecule has 0 aliphatic rings. The summed E-state index contributed by atoms with van der Waals surface area (Å²) in [5, 5.41) is 9.09. The van der Waals surface area contributed by atoms with Gasteiger partial charge in [-0.15, -0.1) is 0 Å². The van der Waals surface area contributed by atoms with E-state index in [1.54, 1.807) is 6.92 Å². The quantitative estimate of drug-likeness (QED) is 0.537. The SMILES string of the molecule is CC(C)c1ccc(CC(C)(NN)C(=O)O)cc1. The molecule has 0 saturated heterocycles. The van der Waals surface area contributed by atoms with E-state index in [4.69, 9.17) is 10.9 Å². The monoisotopic (exact) mass is 236 g/mol. The molecule has 1 rings (SSSR count). The number of hydrogen-bond acceptors (Lipinski definition) is 3. The topological polar surface area (TPSA) is 75.3 Å². The molecule has 0 saturated carbocycles. The predicted molar refractivity (Wildman–Crippen MR) is 67.6 cm³/mol. The van der Waals surface area contributed by atoms with Crippen LogP contribution < -0.4 is 11.3 Å². The molecular weight excluding hydrogens is 216 g/mol. The first-order valence-electron chi connectivity index (χ1n) is 5.69. The number of carboxylic acid groups (broad SMARTS) is 1. The highest BCUT2D eigenvalue weighted by molar-refractivity contribution is 5.78. The van der Waals surface area contributed by atoms with Crippen molar-refractivity contribution in [1.82, 2.24) is 5.43 Å². The van der Waals surface area contributed by atoms with Crippen molar-refractivity contribution < 1.29 is 9.90 Å². The molecule has 17 heavy (non-hydrogen) atoms. The maximum absolute atomic E-state index is 11.1. The van der Waals surface area contributed by atoms with Crippen LogP contribution in [0.1, 0.15) is 37.8 Å². The zero-order chi connectivity index (χ0) is 13.1. The molecule has 4 nitrogen and oxygen atoms in total. The fourth-order valence-electron chi connectivity index (χ4n) is 1.62. The Morgan fingerprint density at radius 3 is 2.29 bits per heavy atom. The number of carbonyl (C=O) groups is 1. The Balaban J connectivity index is 2.85. The molecule has 0 heterocycles. The van der Waals surface area contributed by atoms with Crippen LogP contribution in [0.25, 0.3) is 0 Å². The Hall–Kier alpha value is -1.39. The highest BCUT2D eigenvalue weighted by Crippen LogP contribution is 2.18. The molecule has 0 aromatic heterocycles. The van der Waals surface area contributed by atoms with Gasteiger partial charge in [0.1, 0.15) is 5.54 Å². The second-order valence-corrected chi connectivity index (χ2v) is 4.85. The van der Waals surface area contributed by atoms with Gasteiger partial charge in [0.25, 0.3) is 0 Å². The summed E-state index contributed by atoms with van der Waals surface area (Å²) in [6.45, 7) is 5.82. The second kappa shape index (κ2) is 5.29. The number of nitrogens with two attached hydrogens (primary N) is 1. The largest absolute Gasteiger partial charge is 0.480 e. The van der Waals surface area contributed by atoms with Crippen LogP contribution in [0.4, 0.5) is 0 Å². The number of nitrogens with one attached hydrogen (secondary N) is 1. The van der Waals surface area contributed by atoms with E-state index in [0.29, 0.717) is 12.3 Å². The fraction of sp³-hybridized carbons (Fsp3) is 0.462. The van der Waals surface area contributed by atoms with Crippen molar-refractivity contribution in [3.63, 3.8) is 0 Å². The fourth-order valence-corrected chi connectivity index (χ4v) is 1.62. The Labute approximate surface area is 102 Å². The summed E-state index contributed by atoms with van der Waals surface area (Å²) >= 11 is 0. The molecule has 0 aliphatic carbocycles. The summed E-state index contributed by atoms with van der Waals surface area (Å²) in [5.74, 6) is 4.83. The van der Waals surface area contributed by atoms with Gasteiger partial charge >= 0.3 is 5.97 Å². The lowest BCUT2D eigenvalue weighted by Crippen LogP contribution is -2.54. The molecule has 0 aliphatic heterocycles. The lowest BCUT2D eigenvalue weighted by molar-refractivity contribution is -0.144. The molecule has 1 unspecified atom stereocenters. The summed E-state index contributed by atoms with van der Waals surface area (Å²) in [5.41, 5.74) is 3.44. The van der Waals surface area contributed by atoms with Crippen LogP contribution >= 0.6 is 0 Å². The van der Waals surface area contributed by atoms with E-state index in [1.807, 2.05) is 24.3 Å². The van der Waals surface area contributed by atoms with E-state index < -0.39 is 11.5 Å². The highest BCUT2D eigenvalue weighted by atomic mass is 16.4. The van der Waals surface area contributed by atoms with Crippen molar-refractivity contribution in [1.29, 1.82) is 0 Å². The van der Waals surface area contributed by atoms with Gasteiger partial charge in [0.2, 0.25) is 0 Å². The summed E-state index contributed by atoms with van der Waals surface area (Å²) in [4.78, 5) is 11.1. The average molecular weight is 236 g/mol. The minimum absolute atomic E-state index is 0.358. The molecule has 0 bridgehead atoms. The number of hydrogen-bond donors (Lipinski definition) is 3. The van der Waals surface area contributed by atoms with Crippen molar-refractivity contribution in [2.75, 3.05) is 0 Å². The van der Waals surface area contributed by atoms with Crippen LogP contribution in [0, 0.1) is 0 Å². The maximum atomic E-state index is 11.1. The zero-order valence-electron chi connectivity index (χ0n) is 10.5. The summed E-state index contributed by atoms with van der Waals surface area (Å²) < 4.78 is 0. The molecule has 1 aromatic carbocycles. The summed E-state index contributed by atoms with van der Waals surface area (Å²) in [6, 6.07) is 7.96. The van der Waals surface area contributed by atoms with Gasteiger partial charge < -0.3 is 5.11 Å². The van der Waals surface area contributed by atoms with E-state index >= 15 is 0 Å². The third kappa shape index (κ3) is 3.28. The van der Waals surface area contributed by atoms with Gasteiger partial charge in [0.05, 0.1) is 0 Å². The Kier molecular flexibility index (Phi) is 4.26. The first-order chi connectivity index (χ1) is 7.89. The molecule has 4 heteroatoms. The second-order valence-electron chi connectivity index (χ2n) is 4.85. The third-order valence-corrected chi connectivity index (χ3v) is 2.99. The van der Waals surface area contributed by atoms with E-state index in [-0.39, 0.29) is 0 Å². The van der Waals surface area contributed by atoms with Crippen molar-refractivity contribution >= 4 is 5.97 Å². The van der Waals surface area contributed by atoms with Crippen molar-refractivity contribution in [3.05, 3.63) is 35.4 Å².